The summed E-state index contributed by atoms with van der Waals surface area (Å²) < 4.78 is 19.2. The molecule has 0 aromatic heterocycles. The third-order valence-corrected chi connectivity index (χ3v) is 2.89. The van der Waals surface area contributed by atoms with E-state index in [9.17, 15) is 9.18 Å². The Labute approximate surface area is 119 Å². The van der Waals surface area contributed by atoms with Crippen LogP contribution >= 0.6 is 0 Å². The second kappa shape index (κ2) is 8.53. The summed E-state index contributed by atoms with van der Waals surface area (Å²) in [5, 5.41) is 5.85. The maximum absolute atomic E-state index is 13.9. The van der Waals surface area contributed by atoms with Crippen LogP contribution in [0, 0.1) is 5.82 Å². The summed E-state index contributed by atoms with van der Waals surface area (Å²) in [5.41, 5.74) is 0.592. The SMILES string of the molecule is CCCNC(=O)COc1ccc(C(C)NCC)c(F)c1. The highest BCUT2D eigenvalue weighted by Gasteiger charge is 2.11. The molecule has 0 radical (unpaired) electrons. The van der Waals surface area contributed by atoms with Gasteiger partial charge >= 0.3 is 0 Å². The molecule has 1 atom stereocenters. The lowest BCUT2D eigenvalue weighted by molar-refractivity contribution is -0.123. The average molecular weight is 282 g/mol. The lowest BCUT2D eigenvalue weighted by atomic mass is 10.1. The number of amides is 1. The Morgan fingerprint density at radius 1 is 1.40 bits per heavy atom. The summed E-state index contributed by atoms with van der Waals surface area (Å²) in [7, 11) is 0. The third kappa shape index (κ3) is 5.17. The Hall–Kier alpha value is -1.62. The molecule has 1 aromatic carbocycles. The summed E-state index contributed by atoms with van der Waals surface area (Å²) in [4.78, 5) is 11.4. The number of carbonyl (C=O) groups excluding carboxylic acids is 1. The van der Waals surface area contributed by atoms with Gasteiger partial charge in [0.05, 0.1) is 0 Å². The smallest absolute Gasteiger partial charge is 0.257 e. The van der Waals surface area contributed by atoms with Crippen molar-refractivity contribution in [3.63, 3.8) is 0 Å². The molecule has 0 fully saturated rings. The van der Waals surface area contributed by atoms with Crippen LogP contribution < -0.4 is 15.4 Å². The fourth-order valence-electron chi connectivity index (χ4n) is 1.83. The zero-order valence-corrected chi connectivity index (χ0v) is 12.3. The van der Waals surface area contributed by atoms with Crippen molar-refractivity contribution >= 4 is 5.91 Å². The monoisotopic (exact) mass is 282 g/mol. The Balaban J connectivity index is 2.57. The van der Waals surface area contributed by atoms with E-state index in [0.29, 0.717) is 17.9 Å². The number of carbonyl (C=O) groups is 1. The molecule has 5 heteroatoms. The van der Waals surface area contributed by atoms with Crippen LogP contribution in [0.3, 0.4) is 0 Å². The molecule has 0 aliphatic heterocycles. The number of rotatable bonds is 8. The number of halogens is 1. The zero-order valence-electron chi connectivity index (χ0n) is 12.3. The molecule has 1 aromatic rings. The molecule has 4 nitrogen and oxygen atoms in total. The van der Waals surface area contributed by atoms with Crippen molar-refractivity contribution in [1.82, 2.24) is 10.6 Å². The van der Waals surface area contributed by atoms with Crippen molar-refractivity contribution in [3.8, 4) is 5.75 Å². The summed E-state index contributed by atoms with van der Waals surface area (Å²) in [6.45, 7) is 7.15. The van der Waals surface area contributed by atoms with Crippen LogP contribution in [0.15, 0.2) is 18.2 Å². The third-order valence-electron chi connectivity index (χ3n) is 2.89. The molecule has 0 spiro atoms. The number of ether oxygens (including phenoxy) is 1. The predicted molar refractivity (Wildman–Crippen MR) is 77.3 cm³/mol. The largest absolute Gasteiger partial charge is 0.484 e. The van der Waals surface area contributed by atoms with Gasteiger partial charge in [-0.1, -0.05) is 19.9 Å². The number of hydrogen-bond donors (Lipinski definition) is 2. The van der Waals surface area contributed by atoms with Gasteiger partial charge in [-0.2, -0.15) is 0 Å². The van der Waals surface area contributed by atoms with Crippen LogP contribution in [0.5, 0.6) is 5.75 Å². The maximum Gasteiger partial charge on any atom is 0.257 e. The summed E-state index contributed by atoms with van der Waals surface area (Å²) >= 11 is 0. The van der Waals surface area contributed by atoms with Crippen molar-refractivity contribution in [3.05, 3.63) is 29.6 Å². The van der Waals surface area contributed by atoms with E-state index < -0.39 is 0 Å². The fraction of sp³-hybridized carbons (Fsp3) is 0.533. The standard InChI is InChI=1S/C15H23FN2O2/c1-4-8-18-15(19)10-20-12-6-7-13(14(16)9-12)11(3)17-5-2/h6-7,9,11,17H,4-5,8,10H2,1-3H3,(H,18,19). The Bertz CT molecular complexity index is 438. The molecule has 0 aliphatic rings. The molecule has 0 heterocycles. The van der Waals surface area contributed by atoms with E-state index in [4.69, 9.17) is 4.74 Å². The van der Waals surface area contributed by atoms with Gasteiger partial charge < -0.3 is 15.4 Å². The molecule has 1 rings (SSSR count). The number of hydrogen-bond acceptors (Lipinski definition) is 3. The molecule has 0 aliphatic carbocycles. The van der Waals surface area contributed by atoms with Crippen molar-refractivity contribution in [2.75, 3.05) is 19.7 Å². The first-order chi connectivity index (χ1) is 9.58. The minimum absolute atomic E-state index is 0.0538. The molecular formula is C15H23FN2O2. The highest BCUT2D eigenvalue weighted by molar-refractivity contribution is 5.77. The summed E-state index contributed by atoms with van der Waals surface area (Å²) in [6, 6.07) is 4.62. The van der Waals surface area contributed by atoms with E-state index in [1.54, 1.807) is 12.1 Å². The second-order valence-corrected chi connectivity index (χ2v) is 4.60. The Kier molecular flexibility index (Phi) is 7.01. The summed E-state index contributed by atoms with van der Waals surface area (Å²) in [5.74, 6) is -0.163. The van der Waals surface area contributed by atoms with Crippen molar-refractivity contribution in [2.45, 2.75) is 33.2 Å². The molecule has 0 saturated carbocycles. The van der Waals surface area contributed by atoms with E-state index in [0.717, 1.165) is 13.0 Å². The van der Waals surface area contributed by atoms with Crippen LogP contribution in [-0.2, 0) is 4.79 Å². The van der Waals surface area contributed by atoms with Gasteiger partial charge in [-0.15, -0.1) is 0 Å². The van der Waals surface area contributed by atoms with Gasteiger partial charge in [0, 0.05) is 24.2 Å². The molecular weight excluding hydrogens is 259 g/mol. The van der Waals surface area contributed by atoms with Gasteiger partial charge in [-0.3, -0.25) is 4.79 Å². The molecule has 0 bridgehead atoms. The molecule has 20 heavy (non-hydrogen) atoms. The van der Waals surface area contributed by atoms with Crippen LogP contribution in [0.4, 0.5) is 4.39 Å². The van der Waals surface area contributed by atoms with Crippen LogP contribution in [-0.4, -0.2) is 25.6 Å². The Morgan fingerprint density at radius 2 is 2.15 bits per heavy atom. The van der Waals surface area contributed by atoms with Crippen LogP contribution in [0.25, 0.3) is 0 Å². The van der Waals surface area contributed by atoms with Gasteiger partial charge in [0.25, 0.3) is 5.91 Å². The van der Waals surface area contributed by atoms with E-state index in [1.165, 1.54) is 6.07 Å². The van der Waals surface area contributed by atoms with E-state index >= 15 is 0 Å². The predicted octanol–water partition coefficient (Wildman–Crippen LogP) is 2.40. The van der Waals surface area contributed by atoms with Gasteiger partial charge in [0.2, 0.25) is 0 Å². The molecule has 0 saturated heterocycles. The second-order valence-electron chi connectivity index (χ2n) is 4.60. The first-order valence-electron chi connectivity index (χ1n) is 7.00. The van der Waals surface area contributed by atoms with Crippen molar-refractivity contribution in [1.29, 1.82) is 0 Å². The molecule has 112 valence electrons. The zero-order chi connectivity index (χ0) is 15.0. The lowest BCUT2D eigenvalue weighted by Gasteiger charge is -2.14. The topological polar surface area (TPSA) is 50.4 Å². The number of nitrogens with one attached hydrogen (secondary N) is 2. The fourth-order valence-corrected chi connectivity index (χ4v) is 1.83. The maximum atomic E-state index is 13.9. The first-order valence-corrected chi connectivity index (χ1v) is 7.00. The normalized spacial score (nSPS) is 12.0. The lowest BCUT2D eigenvalue weighted by Crippen LogP contribution is -2.29. The van der Waals surface area contributed by atoms with Gasteiger partial charge in [-0.05, 0) is 26.0 Å². The molecule has 1 amide bonds. The van der Waals surface area contributed by atoms with Gasteiger partial charge in [0.1, 0.15) is 11.6 Å². The highest BCUT2D eigenvalue weighted by Crippen LogP contribution is 2.21. The quantitative estimate of drug-likeness (QED) is 0.770. The van der Waals surface area contributed by atoms with E-state index in [1.807, 2.05) is 20.8 Å². The number of benzene rings is 1. The van der Waals surface area contributed by atoms with Crippen molar-refractivity contribution < 1.29 is 13.9 Å². The van der Waals surface area contributed by atoms with Gasteiger partial charge in [-0.25, -0.2) is 4.39 Å². The van der Waals surface area contributed by atoms with Crippen LogP contribution in [0.1, 0.15) is 38.8 Å². The summed E-state index contributed by atoms with van der Waals surface area (Å²) in [6.07, 6.45) is 0.872. The minimum atomic E-state index is -0.329. The molecule has 2 N–H and O–H groups in total. The molecule has 1 unspecified atom stereocenters. The first kappa shape index (κ1) is 16.4. The van der Waals surface area contributed by atoms with Crippen LogP contribution in [0.2, 0.25) is 0 Å². The van der Waals surface area contributed by atoms with Crippen molar-refractivity contribution in [2.24, 2.45) is 0 Å². The van der Waals surface area contributed by atoms with Gasteiger partial charge in [0.15, 0.2) is 6.61 Å². The Morgan fingerprint density at radius 3 is 2.75 bits per heavy atom. The van der Waals surface area contributed by atoms with E-state index in [2.05, 4.69) is 10.6 Å². The van der Waals surface area contributed by atoms with E-state index in [-0.39, 0.29) is 24.4 Å². The minimum Gasteiger partial charge on any atom is -0.484 e. The highest BCUT2D eigenvalue weighted by atomic mass is 19.1. The average Bonchev–Trinajstić information content (AvgIpc) is 2.43.